The Morgan fingerprint density at radius 3 is 3.08 bits per heavy atom. The van der Waals surface area contributed by atoms with Crippen LogP contribution in [0.2, 0.25) is 0 Å². The van der Waals surface area contributed by atoms with Crippen molar-refractivity contribution in [2.75, 3.05) is 12.3 Å². The minimum absolute atomic E-state index is 0.0779. The summed E-state index contributed by atoms with van der Waals surface area (Å²) in [6.45, 7) is 2.88. The fraction of sp³-hybridized carbons (Fsp3) is 0.500. The van der Waals surface area contributed by atoms with Gasteiger partial charge in [-0.25, -0.2) is 9.97 Å². The molecule has 6 heteroatoms. The molecular weight excluding hydrogens is 338 g/mol. The Labute approximate surface area is 151 Å². The van der Waals surface area contributed by atoms with E-state index in [1.54, 1.807) is 17.7 Å². The number of nitrogens with zero attached hydrogens (tertiary/aromatic N) is 2. The zero-order valence-corrected chi connectivity index (χ0v) is 15.6. The summed E-state index contributed by atoms with van der Waals surface area (Å²) >= 11 is 3.20. The van der Waals surface area contributed by atoms with Gasteiger partial charge in [0, 0.05) is 16.8 Å². The monoisotopic (exact) mass is 361 g/mol. The summed E-state index contributed by atoms with van der Waals surface area (Å²) in [5, 5.41) is 5.00. The molecule has 0 spiro atoms. The zero-order chi connectivity index (χ0) is 16.8. The molecule has 0 aromatic carbocycles. The second-order valence-corrected chi connectivity index (χ2v) is 8.04. The molecule has 0 atom stereocenters. The summed E-state index contributed by atoms with van der Waals surface area (Å²) in [5.41, 5.74) is 1.50. The van der Waals surface area contributed by atoms with Crippen molar-refractivity contribution in [3.8, 4) is 0 Å². The lowest BCUT2D eigenvalue weighted by Gasteiger charge is -2.12. The Balaban J connectivity index is 1.49. The molecule has 0 aliphatic heterocycles. The van der Waals surface area contributed by atoms with E-state index in [4.69, 9.17) is 0 Å². The van der Waals surface area contributed by atoms with Crippen LogP contribution in [-0.4, -0.2) is 28.2 Å². The molecule has 0 unspecified atom stereocenters. The summed E-state index contributed by atoms with van der Waals surface area (Å²) < 4.78 is 0. The van der Waals surface area contributed by atoms with Crippen LogP contribution in [0.4, 0.5) is 0 Å². The molecular formula is C18H23N3OS2. The molecule has 1 aliphatic carbocycles. The molecule has 0 bridgehead atoms. The molecule has 4 nitrogen and oxygen atoms in total. The van der Waals surface area contributed by atoms with Crippen LogP contribution in [0.3, 0.4) is 0 Å². The second-order valence-electron chi connectivity index (χ2n) is 5.96. The molecule has 3 rings (SSSR count). The maximum atomic E-state index is 12.1. The highest BCUT2D eigenvalue weighted by atomic mass is 32.2. The molecule has 2 heterocycles. The standard InChI is InChI=1S/C18H23N3OS2/c1-2-14-10-15-17(20-12-21-18(15)24-14)23-11-16(22)19-9-8-13-6-4-3-5-7-13/h6,10,12H,2-5,7-9,11H2,1H3,(H,19,22). The largest absolute Gasteiger partial charge is 0.355 e. The first kappa shape index (κ1) is 17.4. The van der Waals surface area contributed by atoms with E-state index in [1.807, 2.05) is 0 Å². The summed E-state index contributed by atoms with van der Waals surface area (Å²) in [6.07, 6.45) is 10.9. The minimum Gasteiger partial charge on any atom is -0.355 e. The van der Waals surface area contributed by atoms with E-state index in [2.05, 4.69) is 34.4 Å². The first-order valence-electron chi connectivity index (χ1n) is 8.57. The van der Waals surface area contributed by atoms with Gasteiger partial charge in [-0.05, 0) is 44.6 Å². The fourth-order valence-corrected chi connectivity index (χ4v) is 4.65. The number of thiophene rings is 1. The second kappa shape index (κ2) is 8.62. The number of thioether (sulfide) groups is 1. The van der Waals surface area contributed by atoms with Crippen molar-refractivity contribution in [1.82, 2.24) is 15.3 Å². The zero-order valence-electron chi connectivity index (χ0n) is 14.0. The maximum Gasteiger partial charge on any atom is 0.230 e. The van der Waals surface area contributed by atoms with Crippen molar-refractivity contribution >= 4 is 39.2 Å². The van der Waals surface area contributed by atoms with E-state index in [1.165, 1.54) is 47.9 Å². The van der Waals surface area contributed by atoms with Crippen LogP contribution in [0.5, 0.6) is 0 Å². The van der Waals surface area contributed by atoms with Crippen LogP contribution in [0.15, 0.2) is 29.1 Å². The van der Waals surface area contributed by atoms with Crippen molar-refractivity contribution in [3.05, 3.63) is 28.9 Å². The van der Waals surface area contributed by atoms with E-state index >= 15 is 0 Å². The number of carbonyl (C=O) groups excluding carboxylic acids is 1. The molecule has 0 saturated carbocycles. The van der Waals surface area contributed by atoms with Gasteiger partial charge in [0.25, 0.3) is 0 Å². The van der Waals surface area contributed by atoms with Gasteiger partial charge in [-0.15, -0.1) is 11.3 Å². The highest BCUT2D eigenvalue weighted by Crippen LogP contribution is 2.30. The summed E-state index contributed by atoms with van der Waals surface area (Å²) in [7, 11) is 0. The molecule has 1 N–H and O–H groups in total. The van der Waals surface area contributed by atoms with Crippen LogP contribution in [0, 0.1) is 0 Å². The lowest BCUT2D eigenvalue weighted by molar-refractivity contribution is -0.118. The lowest BCUT2D eigenvalue weighted by atomic mass is 9.97. The number of carbonyl (C=O) groups is 1. The molecule has 1 amide bonds. The fourth-order valence-electron chi connectivity index (χ4n) is 2.85. The summed E-state index contributed by atoms with van der Waals surface area (Å²) in [5.74, 6) is 0.483. The Bertz CT molecular complexity index is 739. The normalized spacial score (nSPS) is 14.6. The third-order valence-corrected chi connectivity index (χ3v) is 6.38. The third kappa shape index (κ3) is 4.57. The van der Waals surface area contributed by atoms with Gasteiger partial charge in [0.2, 0.25) is 5.91 Å². The van der Waals surface area contributed by atoms with Gasteiger partial charge in [-0.3, -0.25) is 4.79 Å². The van der Waals surface area contributed by atoms with Crippen molar-refractivity contribution in [2.45, 2.75) is 50.5 Å². The van der Waals surface area contributed by atoms with Crippen LogP contribution in [0.25, 0.3) is 10.2 Å². The number of aromatic nitrogens is 2. The molecule has 24 heavy (non-hydrogen) atoms. The van der Waals surface area contributed by atoms with Gasteiger partial charge in [0.1, 0.15) is 16.2 Å². The number of allylic oxidation sites excluding steroid dienone is 1. The third-order valence-electron chi connectivity index (χ3n) is 4.19. The number of amides is 1. The molecule has 2 aromatic heterocycles. The molecule has 0 radical (unpaired) electrons. The number of nitrogens with one attached hydrogen (secondary N) is 1. The van der Waals surface area contributed by atoms with Crippen molar-refractivity contribution in [2.24, 2.45) is 0 Å². The Kier molecular flexibility index (Phi) is 6.26. The number of hydrogen-bond acceptors (Lipinski definition) is 5. The topological polar surface area (TPSA) is 54.9 Å². The van der Waals surface area contributed by atoms with Gasteiger partial charge in [0.15, 0.2) is 0 Å². The highest BCUT2D eigenvalue weighted by molar-refractivity contribution is 8.00. The van der Waals surface area contributed by atoms with Crippen molar-refractivity contribution in [3.63, 3.8) is 0 Å². The number of hydrogen-bond donors (Lipinski definition) is 1. The quantitative estimate of drug-likeness (QED) is 0.452. The van der Waals surface area contributed by atoms with Crippen LogP contribution in [-0.2, 0) is 11.2 Å². The molecule has 1 aliphatic rings. The van der Waals surface area contributed by atoms with E-state index in [0.29, 0.717) is 5.75 Å². The summed E-state index contributed by atoms with van der Waals surface area (Å²) in [4.78, 5) is 23.1. The Morgan fingerprint density at radius 1 is 1.38 bits per heavy atom. The Morgan fingerprint density at radius 2 is 2.29 bits per heavy atom. The molecule has 0 fully saturated rings. The highest BCUT2D eigenvalue weighted by Gasteiger charge is 2.11. The Hall–Kier alpha value is -1.40. The summed E-state index contributed by atoms with van der Waals surface area (Å²) in [6, 6.07) is 2.15. The van der Waals surface area contributed by atoms with E-state index in [9.17, 15) is 4.79 Å². The van der Waals surface area contributed by atoms with Gasteiger partial charge < -0.3 is 5.32 Å². The van der Waals surface area contributed by atoms with Gasteiger partial charge >= 0.3 is 0 Å². The number of fused-ring (bicyclic) bond motifs is 1. The molecule has 2 aromatic rings. The van der Waals surface area contributed by atoms with Crippen molar-refractivity contribution in [1.29, 1.82) is 0 Å². The maximum absolute atomic E-state index is 12.1. The molecule has 128 valence electrons. The molecule has 0 saturated heterocycles. The predicted octanol–water partition coefficient (Wildman–Crippen LogP) is 4.35. The average Bonchev–Trinajstić information content (AvgIpc) is 3.05. The SMILES string of the molecule is CCc1cc2c(SCC(=O)NCCC3=CCCCC3)ncnc2s1. The smallest absolute Gasteiger partial charge is 0.230 e. The van der Waals surface area contributed by atoms with Gasteiger partial charge in [-0.2, -0.15) is 0 Å². The van der Waals surface area contributed by atoms with E-state index < -0.39 is 0 Å². The van der Waals surface area contributed by atoms with Crippen LogP contribution < -0.4 is 5.32 Å². The first-order chi connectivity index (χ1) is 11.8. The number of aryl methyl sites for hydroxylation is 1. The number of rotatable bonds is 7. The van der Waals surface area contributed by atoms with E-state index in [0.717, 1.165) is 34.6 Å². The van der Waals surface area contributed by atoms with Gasteiger partial charge in [0.05, 0.1) is 5.75 Å². The minimum atomic E-state index is 0.0779. The van der Waals surface area contributed by atoms with Crippen LogP contribution in [0.1, 0.15) is 43.9 Å². The average molecular weight is 362 g/mol. The van der Waals surface area contributed by atoms with Crippen LogP contribution >= 0.6 is 23.1 Å². The van der Waals surface area contributed by atoms with Gasteiger partial charge in [-0.1, -0.05) is 30.3 Å². The van der Waals surface area contributed by atoms with E-state index in [-0.39, 0.29) is 5.91 Å². The van der Waals surface area contributed by atoms with Crippen molar-refractivity contribution < 1.29 is 4.79 Å². The first-order valence-corrected chi connectivity index (χ1v) is 10.4. The lowest BCUT2D eigenvalue weighted by Crippen LogP contribution is -2.26. The predicted molar refractivity (Wildman–Crippen MR) is 102 cm³/mol.